The lowest BCUT2D eigenvalue weighted by Gasteiger charge is -2.30. The van der Waals surface area contributed by atoms with Gasteiger partial charge in [-0.2, -0.15) is 0 Å². The Morgan fingerprint density at radius 2 is 1.74 bits per heavy atom. The predicted molar refractivity (Wildman–Crippen MR) is 84.0 cm³/mol. The van der Waals surface area contributed by atoms with Crippen LogP contribution in [0.2, 0.25) is 0 Å². The van der Waals surface area contributed by atoms with Crippen LogP contribution in [0.15, 0.2) is 36.5 Å². The van der Waals surface area contributed by atoms with Crippen LogP contribution in [0.5, 0.6) is 0 Å². The molecule has 19 heavy (non-hydrogen) atoms. The van der Waals surface area contributed by atoms with Crippen LogP contribution in [0, 0.1) is 0 Å². The summed E-state index contributed by atoms with van der Waals surface area (Å²) in [5.41, 5.74) is 1.48. The molecule has 0 fully saturated rings. The van der Waals surface area contributed by atoms with Crippen molar-refractivity contribution >= 4 is 11.3 Å². The van der Waals surface area contributed by atoms with Gasteiger partial charge >= 0.3 is 0 Å². The summed E-state index contributed by atoms with van der Waals surface area (Å²) in [5.74, 6) is 0.563. The maximum atomic E-state index is 4.75. The molecular formula is C17H23NS. The Hall–Kier alpha value is -1.15. The molecule has 1 aromatic carbocycles. The van der Waals surface area contributed by atoms with Crippen LogP contribution in [-0.2, 0) is 5.41 Å². The Morgan fingerprint density at radius 1 is 1.11 bits per heavy atom. The van der Waals surface area contributed by atoms with E-state index in [2.05, 4.69) is 64.2 Å². The van der Waals surface area contributed by atoms with Crippen LogP contribution in [-0.4, -0.2) is 4.98 Å². The Labute approximate surface area is 120 Å². The summed E-state index contributed by atoms with van der Waals surface area (Å²) in [6, 6.07) is 10.8. The summed E-state index contributed by atoms with van der Waals surface area (Å²) >= 11 is 1.88. The van der Waals surface area contributed by atoms with Crippen LogP contribution in [0.3, 0.4) is 0 Å². The Kier molecular flexibility index (Phi) is 4.41. The van der Waals surface area contributed by atoms with Gasteiger partial charge < -0.3 is 0 Å². The van der Waals surface area contributed by atoms with Crippen molar-refractivity contribution in [3.63, 3.8) is 0 Å². The normalized spacial score (nSPS) is 12.1. The van der Waals surface area contributed by atoms with Gasteiger partial charge in [-0.05, 0) is 24.3 Å². The topological polar surface area (TPSA) is 12.9 Å². The number of aromatic nitrogens is 1. The largest absolute Gasteiger partial charge is 0.248 e. The number of hydrogen-bond donors (Lipinski definition) is 0. The SMILES string of the molecule is CCC(CC)(c1ccccc1)c1ncc(C(C)C)s1. The number of nitrogens with zero attached hydrogens (tertiary/aromatic N) is 1. The molecule has 2 rings (SSSR count). The van der Waals surface area contributed by atoms with Crippen molar-refractivity contribution in [1.82, 2.24) is 4.98 Å². The molecule has 0 aliphatic rings. The van der Waals surface area contributed by atoms with Gasteiger partial charge in [0.15, 0.2) is 0 Å². The highest BCUT2D eigenvalue weighted by molar-refractivity contribution is 7.11. The monoisotopic (exact) mass is 273 g/mol. The third-order valence-corrected chi connectivity index (χ3v) is 5.54. The zero-order valence-corrected chi connectivity index (χ0v) is 13.1. The summed E-state index contributed by atoms with van der Waals surface area (Å²) in [6.07, 6.45) is 4.25. The molecule has 0 saturated heterocycles. The van der Waals surface area contributed by atoms with Gasteiger partial charge in [-0.25, -0.2) is 4.98 Å². The molecule has 0 spiro atoms. The molecule has 0 aliphatic heterocycles. The van der Waals surface area contributed by atoms with Gasteiger partial charge in [-0.15, -0.1) is 11.3 Å². The fourth-order valence-corrected chi connectivity index (χ4v) is 3.89. The molecule has 0 bridgehead atoms. The van der Waals surface area contributed by atoms with E-state index in [1.54, 1.807) is 0 Å². The van der Waals surface area contributed by atoms with E-state index >= 15 is 0 Å². The number of rotatable bonds is 5. The summed E-state index contributed by atoms with van der Waals surface area (Å²) in [7, 11) is 0. The second-order valence-electron chi connectivity index (χ2n) is 5.38. The van der Waals surface area contributed by atoms with Gasteiger partial charge in [0, 0.05) is 16.5 Å². The zero-order valence-electron chi connectivity index (χ0n) is 12.3. The average molecular weight is 273 g/mol. The van der Waals surface area contributed by atoms with E-state index in [0.717, 1.165) is 12.8 Å². The zero-order chi connectivity index (χ0) is 13.9. The summed E-state index contributed by atoms with van der Waals surface area (Å²) in [6.45, 7) is 9.01. The predicted octanol–water partition coefficient (Wildman–Crippen LogP) is 5.37. The summed E-state index contributed by atoms with van der Waals surface area (Å²) in [4.78, 5) is 6.13. The second-order valence-corrected chi connectivity index (χ2v) is 6.44. The van der Waals surface area contributed by atoms with Gasteiger partial charge in [0.2, 0.25) is 0 Å². The molecule has 1 heterocycles. The lowest BCUT2D eigenvalue weighted by Crippen LogP contribution is -2.25. The lowest BCUT2D eigenvalue weighted by molar-refractivity contribution is 0.475. The van der Waals surface area contributed by atoms with Crippen molar-refractivity contribution in [3.05, 3.63) is 52.0 Å². The third kappa shape index (κ3) is 2.59. The molecule has 0 unspecified atom stereocenters. The minimum absolute atomic E-state index is 0.0824. The first-order valence-electron chi connectivity index (χ1n) is 7.15. The van der Waals surface area contributed by atoms with Crippen LogP contribution in [0.4, 0.5) is 0 Å². The molecule has 0 amide bonds. The summed E-state index contributed by atoms with van der Waals surface area (Å²) < 4.78 is 0. The fourth-order valence-electron chi connectivity index (χ4n) is 2.62. The highest BCUT2D eigenvalue weighted by Crippen LogP contribution is 2.41. The first-order valence-corrected chi connectivity index (χ1v) is 7.97. The minimum atomic E-state index is 0.0824. The van der Waals surface area contributed by atoms with E-state index in [4.69, 9.17) is 4.98 Å². The van der Waals surface area contributed by atoms with Gasteiger partial charge in [-0.1, -0.05) is 58.0 Å². The highest BCUT2D eigenvalue weighted by atomic mass is 32.1. The van der Waals surface area contributed by atoms with E-state index in [1.807, 2.05) is 11.3 Å². The van der Waals surface area contributed by atoms with Gasteiger partial charge in [0.1, 0.15) is 5.01 Å². The molecule has 0 atom stereocenters. The van der Waals surface area contributed by atoms with Crippen LogP contribution >= 0.6 is 11.3 Å². The van der Waals surface area contributed by atoms with E-state index in [1.165, 1.54) is 15.4 Å². The fraction of sp³-hybridized carbons (Fsp3) is 0.471. The number of benzene rings is 1. The average Bonchev–Trinajstić information content (AvgIpc) is 2.93. The third-order valence-electron chi connectivity index (χ3n) is 4.04. The lowest BCUT2D eigenvalue weighted by atomic mass is 9.76. The van der Waals surface area contributed by atoms with Crippen LogP contribution in [0.25, 0.3) is 0 Å². The second kappa shape index (κ2) is 5.87. The molecule has 0 radical (unpaired) electrons. The molecule has 0 aliphatic carbocycles. The first kappa shape index (κ1) is 14.3. The number of hydrogen-bond acceptors (Lipinski definition) is 2. The smallest absolute Gasteiger partial charge is 0.103 e. The van der Waals surface area contributed by atoms with E-state index in [9.17, 15) is 0 Å². The Bertz CT molecular complexity index is 509. The van der Waals surface area contributed by atoms with Crippen molar-refractivity contribution in [3.8, 4) is 0 Å². The van der Waals surface area contributed by atoms with Crippen LogP contribution in [0.1, 0.15) is 61.9 Å². The molecule has 0 N–H and O–H groups in total. The van der Waals surface area contributed by atoms with Crippen molar-refractivity contribution in [1.29, 1.82) is 0 Å². The maximum absolute atomic E-state index is 4.75. The Morgan fingerprint density at radius 3 is 2.21 bits per heavy atom. The highest BCUT2D eigenvalue weighted by Gasteiger charge is 2.33. The molecule has 1 nitrogen and oxygen atoms in total. The van der Waals surface area contributed by atoms with Crippen molar-refractivity contribution in [2.24, 2.45) is 0 Å². The van der Waals surface area contributed by atoms with Crippen molar-refractivity contribution < 1.29 is 0 Å². The Balaban J connectivity index is 2.49. The maximum Gasteiger partial charge on any atom is 0.103 e. The molecule has 102 valence electrons. The van der Waals surface area contributed by atoms with Crippen molar-refractivity contribution in [2.45, 2.75) is 51.9 Å². The molecular weight excluding hydrogens is 250 g/mol. The van der Waals surface area contributed by atoms with Gasteiger partial charge in [-0.3, -0.25) is 0 Å². The summed E-state index contributed by atoms with van der Waals surface area (Å²) in [5, 5.41) is 1.27. The van der Waals surface area contributed by atoms with E-state index < -0.39 is 0 Å². The van der Waals surface area contributed by atoms with E-state index in [-0.39, 0.29) is 5.41 Å². The molecule has 2 aromatic rings. The van der Waals surface area contributed by atoms with E-state index in [0.29, 0.717) is 5.92 Å². The van der Waals surface area contributed by atoms with Gasteiger partial charge in [0.05, 0.1) is 0 Å². The first-order chi connectivity index (χ1) is 9.14. The molecule has 0 saturated carbocycles. The standard InChI is InChI=1S/C17H23NS/c1-5-17(6-2,14-10-8-7-9-11-14)16-18-12-15(19-16)13(3)4/h7-13H,5-6H2,1-4H3. The number of thiazole rings is 1. The minimum Gasteiger partial charge on any atom is -0.248 e. The van der Waals surface area contributed by atoms with Crippen molar-refractivity contribution in [2.75, 3.05) is 0 Å². The quantitative estimate of drug-likeness (QED) is 0.713. The van der Waals surface area contributed by atoms with Crippen LogP contribution < -0.4 is 0 Å². The molecule has 1 aromatic heterocycles. The molecule has 2 heteroatoms. The van der Waals surface area contributed by atoms with Gasteiger partial charge in [0.25, 0.3) is 0 Å².